The van der Waals surface area contributed by atoms with Gasteiger partial charge in [-0.05, 0) is 43.0 Å². The maximum absolute atomic E-state index is 12.4. The first-order chi connectivity index (χ1) is 10.6. The summed E-state index contributed by atoms with van der Waals surface area (Å²) in [6.45, 7) is 0. The largest absolute Gasteiger partial charge is 0.393 e. The minimum absolute atomic E-state index is 0.0725. The summed E-state index contributed by atoms with van der Waals surface area (Å²) in [6, 6.07) is 8.28. The number of aromatic nitrogens is 2. The fraction of sp³-hybridized carbons (Fsp3) is 0.312. The molecule has 2 aromatic heterocycles. The van der Waals surface area contributed by atoms with Gasteiger partial charge in [0.05, 0.1) is 17.8 Å². The molecule has 0 aliphatic heterocycles. The van der Waals surface area contributed by atoms with E-state index in [1.54, 1.807) is 18.3 Å². The number of rotatable bonds is 4. The van der Waals surface area contributed by atoms with Gasteiger partial charge in [0.15, 0.2) is 0 Å². The summed E-state index contributed by atoms with van der Waals surface area (Å²) in [7, 11) is 0. The molecule has 3 rings (SSSR count). The first kappa shape index (κ1) is 14.5. The first-order valence-corrected chi connectivity index (χ1v) is 7.22. The van der Waals surface area contributed by atoms with E-state index in [-0.39, 0.29) is 23.6 Å². The number of carbonyl (C=O) groups excluding carboxylic acids is 1. The van der Waals surface area contributed by atoms with Crippen LogP contribution in [0.1, 0.15) is 34.9 Å². The zero-order chi connectivity index (χ0) is 15.5. The zero-order valence-corrected chi connectivity index (χ0v) is 11.9. The summed E-state index contributed by atoms with van der Waals surface area (Å²) in [5.74, 6) is -0.310. The van der Waals surface area contributed by atoms with E-state index in [1.807, 2.05) is 12.1 Å². The first-order valence-electron chi connectivity index (χ1n) is 7.22. The summed E-state index contributed by atoms with van der Waals surface area (Å²) < 4.78 is 0. The molecule has 0 radical (unpaired) electrons. The number of aliphatic hydroxyl groups excluding tert-OH is 1. The van der Waals surface area contributed by atoms with Gasteiger partial charge in [0, 0.05) is 12.4 Å². The van der Waals surface area contributed by atoms with Gasteiger partial charge < -0.3 is 15.4 Å². The van der Waals surface area contributed by atoms with Crippen molar-refractivity contribution in [2.75, 3.05) is 0 Å². The molecule has 0 saturated heterocycles. The van der Waals surface area contributed by atoms with Crippen molar-refractivity contribution in [2.45, 2.75) is 25.0 Å². The van der Waals surface area contributed by atoms with E-state index < -0.39 is 11.5 Å². The molecule has 0 spiro atoms. The van der Waals surface area contributed by atoms with Crippen LogP contribution < -0.4 is 10.9 Å². The third kappa shape index (κ3) is 2.92. The van der Waals surface area contributed by atoms with Crippen LogP contribution in [0, 0.1) is 5.92 Å². The number of hydrogen-bond acceptors (Lipinski definition) is 4. The van der Waals surface area contributed by atoms with E-state index in [1.165, 1.54) is 12.3 Å². The molecule has 0 unspecified atom stereocenters. The number of carbonyl (C=O) groups is 1. The number of nitrogens with zero attached hydrogens (tertiary/aromatic N) is 1. The Morgan fingerprint density at radius 3 is 2.77 bits per heavy atom. The van der Waals surface area contributed by atoms with Gasteiger partial charge in [-0.15, -0.1) is 0 Å². The van der Waals surface area contributed by atoms with Crippen molar-refractivity contribution >= 4 is 5.91 Å². The summed E-state index contributed by atoms with van der Waals surface area (Å²) in [5, 5.41) is 12.4. The van der Waals surface area contributed by atoms with E-state index in [0.717, 1.165) is 5.69 Å². The number of nitrogens with one attached hydrogen (secondary N) is 2. The predicted molar refractivity (Wildman–Crippen MR) is 80.2 cm³/mol. The van der Waals surface area contributed by atoms with Crippen LogP contribution in [0.4, 0.5) is 0 Å². The van der Waals surface area contributed by atoms with E-state index in [2.05, 4.69) is 15.3 Å². The predicted octanol–water partition coefficient (Wildman–Crippen LogP) is 1.01. The molecule has 6 nitrogen and oxygen atoms in total. The lowest BCUT2D eigenvalue weighted by Crippen LogP contribution is -2.42. The van der Waals surface area contributed by atoms with Gasteiger partial charge in [0.25, 0.3) is 11.5 Å². The Labute approximate surface area is 127 Å². The lowest BCUT2D eigenvalue weighted by Gasteiger charge is -2.37. The molecular weight excluding hydrogens is 282 g/mol. The molecule has 1 aliphatic carbocycles. The Bertz CT molecular complexity index is 708. The fourth-order valence-corrected chi connectivity index (χ4v) is 2.71. The van der Waals surface area contributed by atoms with Crippen LogP contribution in [0.15, 0.2) is 47.5 Å². The van der Waals surface area contributed by atoms with Crippen LogP contribution in [0.3, 0.4) is 0 Å². The topological polar surface area (TPSA) is 95.1 Å². The normalized spacial score (nSPS) is 21.7. The molecule has 0 bridgehead atoms. The molecule has 6 heteroatoms. The highest BCUT2D eigenvalue weighted by Crippen LogP contribution is 2.37. The van der Waals surface area contributed by atoms with Gasteiger partial charge in [-0.3, -0.25) is 14.6 Å². The highest BCUT2D eigenvalue weighted by molar-refractivity contribution is 5.94. The quantitative estimate of drug-likeness (QED) is 0.785. The minimum atomic E-state index is -0.432. The Kier molecular flexibility index (Phi) is 4.02. The molecule has 2 aromatic rings. The second-order valence-corrected chi connectivity index (χ2v) is 5.50. The lowest BCUT2D eigenvalue weighted by atomic mass is 9.76. The molecule has 22 heavy (non-hydrogen) atoms. The van der Waals surface area contributed by atoms with Crippen LogP contribution in [0.25, 0.3) is 0 Å². The summed E-state index contributed by atoms with van der Waals surface area (Å²) >= 11 is 0. The SMILES string of the molecule is O=C(N[C@H](c1ccccn1)C1CC(O)C1)c1ccc[nH]c1=O. The van der Waals surface area contributed by atoms with Crippen molar-refractivity contribution in [1.29, 1.82) is 0 Å². The molecule has 1 fully saturated rings. The maximum atomic E-state index is 12.4. The van der Waals surface area contributed by atoms with Crippen molar-refractivity contribution in [3.63, 3.8) is 0 Å². The number of hydrogen-bond donors (Lipinski definition) is 3. The third-order valence-electron chi connectivity index (χ3n) is 3.98. The molecule has 1 saturated carbocycles. The van der Waals surface area contributed by atoms with Gasteiger partial charge in [-0.25, -0.2) is 0 Å². The van der Waals surface area contributed by atoms with Crippen LogP contribution in [-0.2, 0) is 0 Å². The molecule has 2 heterocycles. The van der Waals surface area contributed by atoms with Gasteiger partial charge in [-0.2, -0.15) is 0 Å². The molecular formula is C16H17N3O3. The highest BCUT2D eigenvalue weighted by Gasteiger charge is 2.36. The van der Waals surface area contributed by atoms with E-state index >= 15 is 0 Å². The highest BCUT2D eigenvalue weighted by atomic mass is 16.3. The van der Waals surface area contributed by atoms with Gasteiger partial charge in [0.2, 0.25) is 0 Å². The van der Waals surface area contributed by atoms with Gasteiger partial charge in [0.1, 0.15) is 5.56 Å². The second kappa shape index (κ2) is 6.11. The Balaban J connectivity index is 1.83. The molecule has 114 valence electrons. The average Bonchev–Trinajstić information content (AvgIpc) is 2.51. The van der Waals surface area contributed by atoms with Crippen molar-refractivity contribution in [3.8, 4) is 0 Å². The number of pyridine rings is 2. The summed E-state index contributed by atoms with van der Waals surface area (Å²) in [6.07, 6.45) is 4.06. The monoisotopic (exact) mass is 299 g/mol. The van der Waals surface area contributed by atoms with Gasteiger partial charge in [-0.1, -0.05) is 6.07 Å². The zero-order valence-electron chi connectivity index (χ0n) is 11.9. The average molecular weight is 299 g/mol. The fourth-order valence-electron chi connectivity index (χ4n) is 2.71. The van der Waals surface area contributed by atoms with Crippen molar-refractivity contribution in [2.24, 2.45) is 5.92 Å². The third-order valence-corrected chi connectivity index (χ3v) is 3.98. The van der Waals surface area contributed by atoms with Crippen molar-refractivity contribution in [1.82, 2.24) is 15.3 Å². The number of H-pyrrole nitrogens is 1. The summed E-state index contributed by atoms with van der Waals surface area (Å²) in [4.78, 5) is 30.8. The molecule has 3 N–H and O–H groups in total. The number of aliphatic hydroxyl groups is 1. The molecule has 0 aromatic carbocycles. The smallest absolute Gasteiger partial charge is 0.260 e. The minimum Gasteiger partial charge on any atom is -0.393 e. The van der Waals surface area contributed by atoms with Crippen LogP contribution in [0.2, 0.25) is 0 Å². The Morgan fingerprint density at radius 2 is 2.14 bits per heavy atom. The summed E-state index contributed by atoms with van der Waals surface area (Å²) in [5.41, 5.74) is 0.386. The van der Waals surface area contributed by atoms with Crippen molar-refractivity contribution in [3.05, 3.63) is 64.3 Å². The molecule has 1 amide bonds. The van der Waals surface area contributed by atoms with Gasteiger partial charge >= 0.3 is 0 Å². The standard InChI is InChI=1S/C16H17N3O3/c20-11-8-10(9-11)14(13-5-1-2-6-17-13)19-16(22)12-4-3-7-18-15(12)21/h1-7,10-11,14,20H,8-9H2,(H,18,21)(H,19,22)/t10?,11?,14-/m0/s1. The Morgan fingerprint density at radius 1 is 1.32 bits per heavy atom. The molecule has 1 aliphatic rings. The number of amides is 1. The maximum Gasteiger partial charge on any atom is 0.260 e. The van der Waals surface area contributed by atoms with E-state index in [0.29, 0.717) is 12.8 Å². The van der Waals surface area contributed by atoms with E-state index in [4.69, 9.17) is 0 Å². The Hall–Kier alpha value is -2.47. The molecule has 1 atom stereocenters. The van der Waals surface area contributed by atoms with E-state index in [9.17, 15) is 14.7 Å². The second-order valence-electron chi connectivity index (χ2n) is 5.50. The lowest BCUT2D eigenvalue weighted by molar-refractivity contribution is 0.0228. The number of aromatic amines is 1. The van der Waals surface area contributed by atoms with Crippen LogP contribution >= 0.6 is 0 Å². The van der Waals surface area contributed by atoms with Crippen LogP contribution in [-0.4, -0.2) is 27.1 Å². The van der Waals surface area contributed by atoms with Crippen LogP contribution in [0.5, 0.6) is 0 Å². The van der Waals surface area contributed by atoms with Crippen molar-refractivity contribution < 1.29 is 9.90 Å².